The first kappa shape index (κ1) is 24.6. The van der Waals surface area contributed by atoms with Crippen LogP contribution in [0.25, 0.3) is 27.8 Å². The Morgan fingerprint density at radius 2 is 1.83 bits per heavy atom. The number of alkyl halides is 3. The molecule has 0 fully saturated rings. The van der Waals surface area contributed by atoms with E-state index in [2.05, 4.69) is 12.0 Å². The van der Waals surface area contributed by atoms with E-state index in [9.17, 15) is 18.0 Å². The number of aryl methyl sites for hydroxylation is 1. The Balaban J connectivity index is 1.88. The van der Waals surface area contributed by atoms with Gasteiger partial charge in [0.15, 0.2) is 0 Å². The molecule has 0 saturated heterocycles. The molecule has 0 unspecified atom stereocenters. The molecule has 0 bridgehead atoms. The molecule has 4 aromatic rings. The smallest absolute Gasteiger partial charge is 0.450 e. The molecule has 0 atom stereocenters. The lowest BCUT2D eigenvalue weighted by Crippen LogP contribution is -2.16. The molecular weight excluding hydrogens is 457 g/mol. The topological polar surface area (TPSA) is 57.3 Å². The van der Waals surface area contributed by atoms with E-state index >= 15 is 0 Å². The third kappa shape index (κ3) is 5.26. The van der Waals surface area contributed by atoms with Gasteiger partial charge in [0, 0.05) is 17.8 Å². The number of nitrogens with zero attached hydrogens (tertiary/aromatic N) is 2. The zero-order chi connectivity index (χ0) is 25.0. The van der Waals surface area contributed by atoms with Crippen LogP contribution in [-0.4, -0.2) is 16.4 Å². The van der Waals surface area contributed by atoms with Gasteiger partial charge in [-0.25, -0.2) is 4.68 Å². The first-order chi connectivity index (χ1) is 16.8. The van der Waals surface area contributed by atoms with Gasteiger partial charge in [-0.2, -0.15) is 18.3 Å². The molecule has 35 heavy (non-hydrogen) atoms. The van der Waals surface area contributed by atoms with E-state index in [1.54, 1.807) is 37.3 Å². The molecule has 8 heteroatoms. The highest BCUT2D eigenvalue weighted by Crippen LogP contribution is 2.38. The molecule has 5 nitrogen and oxygen atoms in total. The molecule has 0 aliphatic heterocycles. The van der Waals surface area contributed by atoms with Crippen molar-refractivity contribution >= 4 is 11.0 Å². The number of hydrogen-bond acceptors (Lipinski definition) is 4. The van der Waals surface area contributed by atoms with E-state index in [0.717, 1.165) is 31.2 Å². The second kappa shape index (κ2) is 10.4. The van der Waals surface area contributed by atoms with E-state index < -0.39 is 22.9 Å². The zero-order valence-electron chi connectivity index (χ0n) is 19.7. The van der Waals surface area contributed by atoms with Crippen LogP contribution in [0.15, 0.2) is 64.1 Å². The summed E-state index contributed by atoms with van der Waals surface area (Å²) >= 11 is 0. The molecule has 184 valence electrons. The highest BCUT2D eigenvalue weighted by atomic mass is 19.4. The van der Waals surface area contributed by atoms with Gasteiger partial charge in [0.25, 0.3) is 0 Å². The first-order valence-electron chi connectivity index (χ1n) is 11.8. The fourth-order valence-electron chi connectivity index (χ4n) is 4.13. The van der Waals surface area contributed by atoms with Crippen molar-refractivity contribution in [1.82, 2.24) is 9.78 Å². The van der Waals surface area contributed by atoms with Gasteiger partial charge < -0.3 is 9.15 Å². The monoisotopic (exact) mass is 484 g/mol. The SMILES string of the molecule is CCCCCCc1cc2c(=O)c(-c3cnn(-c4ccccc4)c3)c(C(F)(F)F)oc2cc1OCC. The Morgan fingerprint density at radius 3 is 2.51 bits per heavy atom. The van der Waals surface area contributed by atoms with Crippen molar-refractivity contribution in [2.75, 3.05) is 6.61 Å². The number of halogens is 3. The van der Waals surface area contributed by atoms with E-state index in [1.165, 1.54) is 23.1 Å². The number of aromatic nitrogens is 2. The molecule has 0 aliphatic carbocycles. The Morgan fingerprint density at radius 1 is 1.06 bits per heavy atom. The Hall–Kier alpha value is -3.55. The molecule has 4 rings (SSSR count). The number of unbranched alkanes of at least 4 members (excludes halogenated alkanes) is 3. The second-order valence-corrected chi connectivity index (χ2v) is 8.34. The predicted octanol–water partition coefficient (Wildman–Crippen LogP) is 7.19. The summed E-state index contributed by atoms with van der Waals surface area (Å²) in [6.45, 7) is 4.27. The van der Waals surface area contributed by atoms with Crippen molar-refractivity contribution in [2.24, 2.45) is 0 Å². The predicted molar refractivity (Wildman–Crippen MR) is 129 cm³/mol. The summed E-state index contributed by atoms with van der Waals surface area (Å²) in [7, 11) is 0. The lowest BCUT2D eigenvalue weighted by molar-refractivity contribution is -0.152. The van der Waals surface area contributed by atoms with Crippen molar-refractivity contribution in [3.63, 3.8) is 0 Å². The van der Waals surface area contributed by atoms with E-state index in [-0.39, 0.29) is 16.5 Å². The fraction of sp³-hybridized carbons (Fsp3) is 0.333. The number of hydrogen-bond donors (Lipinski definition) is 0. The van der Waals surface area contributed by atoms with E-state index in [4.69, 9.17) is 9.15 Å². The van der Waals surface area contributed by atoms with Gasteiger partial charge in [-0.1, -0.05) is 44.4 Å². The van der Waals surface area contributed by atoms with E-state index in [1.807, 2.05) is 6.07 Å². The molecule has 2 aromatic heterocycles. The van der Waals surface area contributed by atoms with Crippen LogP contribution in [0.5, 0.6) is 5.75 Å². The molecule has 0 amide bonds. The maximum atomic E-state index is 14.0. The number of fused-ring (bicyclic) bond motifs is 1. The summed E-state index contributed by atoms with van der Waals surface area (Å²) in [5.74, 6) is -0.904. The van der Waals surface area contributed by atoms with Gasteiger partial charge >= 0.3 is 6.18 Å². The van der Waals surface area contributed by atoms with Crippen LogP contribution in [0.1, 0.15) is 50.9 Å². The van der Waals surface area contributed by atoms with Crippen LogP contribution >= 0.6 is 0 Å². The fourth-order valence-corrected chi connectivity index (χ4v) is 4.13. The van der Waals surface area contributed by atoms with Crippen molar-refractivity contribution in [1.29, 1.82) is 0 Å². The maximum absolute atomic E-state index is 14.0. The molecule has 0 aliphatic rings. The summed E-state index contributed by atoms with van der Waals surface area (Å²) in [6.07, 6.45) is 2.52. The lowest BCUT2D eigenvalue weighted by atomic mass is 10.00. The van der Waals surface area contributed by atoms with Crippen molar-refractivity contribution in [2.45, 2.75) is 52.1 Å². The van der Waals surface area contributed by atoms with Crippen LogP contribution in [0.4, 0.5) is 13.2 Å². The van der Waals surface area contributed by atoms with Gasteiger partial charge in [0.05, 0.1) is 29.4 Å². The molecule has 0 saturated carbocycles. The zero-order valence-corrected chi connectivity index (χ0v) is 19.7. The second-order valence-electron chi connectivity index (χ2n) is 8.34. The van der Waals surface area contributed by atoms with Gasteiger partial charge in [0.1, 0.15) is 11.3 Å². The van der Waals surface area contributed by atoms with Crippen molar-refractivity contribution < 1.29 is 22.3 Å². The normalized spacial score (nSPS) is 11.8. The first-order valence-corrected chi connectivity index (χ1v) is 11.8. The van der Waals surface area contributed by atoms with Gasteiger partial charge in [-0.15, -0.1) is 0 Å². The van der Waals surface area contributed by atoms with Crippen LogP contribution in [0.3, 0.4) is 0 Å². The van der Waals surface area contributed by atoms with Crippen molar-refractivity contribution in [3.05, 3.63) is 76.4 Å². The summed E-state index contributed by atoms with van der Waals surface area (Å²) in [6, 6.07) is 12.0. The van der Waals surface area contributed by atoms with Crippen LogP contribution < -0.4 is 10.2 Å². The minimum atomic E-state index is -4.87. The maximum Gasteiger partial charge on any atom is 0.450 e. The third-order valence-corrected chi connectivity index (χ3v) is 5.82. The largest absolute Gasteiger partial charge is 0.493 e. The molecule has 2 heterocycles. The number of para-hydroxylation sites is 1. The molecular formula is C27H27F3N2O3. The minimum absolute atomic E-state index is 0.0372. The number of benzene rings is 2. The quantitative estimate of drug-likeness (QED) is 0.236. The highest BCUT2D eigenvalue weighted by Gasteiger charge is 2.40. The van der Waals surface area contributed by atoms with Crippen LogP contribution in [-0.2, 0) is 12.6 Å². The van der Waals surface area contributed by atoms with Gasteiger partial charge in [-0.05, 0) is 43.5 Å². The lowest BCUT2D eigenvalue weighted by Gasteiger charge is -2.15. The standard InChI is InChI=1S/C27H27F3N2O3/c1-3-5-6-8-11-18-14-21-23(15-22(18)34-4-2)35-26(27(28,29)30)24(25(21)33)19-16-31-32(17-19)20-12-9-7-10-13-20/h7,9-10,12-17H,3-6,8,11H2,1-2H3. The molecule has 0 N–H and O–H groups in total. The molecule has 2 aromatic carbocycles. The van der Waals surface area contributed by atoms with Gasteiger partial charge in [-0.3, -0.25) is 4.79 Å². The summed E-state index contributed by atoms with van der Waals surface area (Å²) in [5.41, 5.74) is 0.0384. The minimum Gasteiger partial charge on any atom is -0.493 e. The number of rotatable bonds is 9. The van der Waals surface area contributed by atoms with Gasteiger partial charge in [0.2, 0.25) is 11.2 Å². The Labute approximate surface area is 201 Å². The number of ether oxygens (including phenoxy) is 1. The summed E-state index contributed by atoms with van der Waals surface area (Å²) in [5, 5.41) is 4.26. The average molecular weight is 485 g/mol. The van der Waals surface area contributed by atoms with E-state index in [0.29, 0.717) is 24.5 Å². The molecule has 0 radical (unpaired) electrons. The third-order valence-electron chi connectivity index (χ3n) is 5.82. The average Bonchev–Trinajstić information content (AvgIpc) is 3.32. The summed E-state index contributed by atoms with van der Waals surface area (Å²) < 4.78 is 54.6. The summed E-state index contributed by atoms with van der Waals surface area (Å²) in [4.78, 5) is 13.5. The Kier molecular flexibility index (Phi) is 7.28. The van der Waals surface area contributed by atoms with Crippen LogP contribution in [0, 0.1) is 0 Å². The van der Waals surface area contributed by atoms with Crippen molar-refractivity contribution in [3.8, 4) is 22.6 Å². The Bertz CT molecular complexity index is 1360. The van der Waals surface area contributed by atoms with Crippen LogP contribution in [0.2, 0.25) is 0 Å². The highest BCUT2D eigenvalue weighted by molar-refractivity contribution is 5.85. The molecule has 0 spiro atoms.